The van der Waals surface area contributed by atoms with Crippen LogP contribution in [0.4, 0.5) is 4.39 Å². The van der Waals surface area contributed by atoms with Crippen LogP contribution in [0.1, 0.15) is 17.2 Å². The molecule has 4 heteroatoms. The molecule has 0 aliphatic carbocycles. The Labute approximate surface area is 120 Å². The van der Waals surface area contributed by atoms with E-state index < -0.39 is 0 Å². The van der Waals surface area contributed by atoms with Crippen molar-refractivity contribution in [2.75, 3.05) is 7.11 Å². The summed E-state index contributed by atoms with van der Waals surface area (Å²) in [5.74, 6) is 0.160. The largest absolute Gasteiger partial charge is 0.497 e. The van der Waals surface area contributed by atoms with E-state index in [1.807, 2.05) is 24.3 Å². The van der Waals surface area contributed by atoms with Gasteiger partial charge in [-0.25, -0.2) is 4.39 Å². The van der Waals surface area contributed by atoms with E-state index in [1.165, 1.54) is 13.2 Å². The van der Waals surface area contributed by atoms with E-state index in [2.05, 4.69) is 15.9 Å². The van der Waals surface area contributed by atoms with Gasteiger partial charge in [-0.1, -0.05) is 40.2 Å². The Bertz CT molecular complexity index is 574. The van der Waals surface area contributed by atoms with Crippen molar-refractivity contribution in [1.29, 1.82) is 0 Å². The fraction of sp³-hybridized carbons (Fsp3) is 0.200. The fourth-order valence-electron chi connectivity index (χ4n) is 1.95. The molecule has 100 valence electrons. The first-order valence-corrected chi connectivity index (χ1v) is 6.73. The quantitative estimate of drug-likeness (QED) is 0.927. The van der Waals surface area contributed by atoms with Gasteiger partial charge in [0.1, 0.15) is 11.6 Å². The molecule has 2 rings (SSSR count). The highest BCUT2D eigenvalue weighted by Crippen LogP contribution is 2.25. The minimum Gasteiger partial charge on any atom is -0.497 e. The van der Waals surface area contributed by atoms with Gasteiger partial charge < -0.3 is 10.5 Å². The Morgan fingerprint density at radius 2 is 2.00 bits per heavy atom. The average molecular weight is 324 g/mol. The average Bonchev–Trinajstić information content (AvgIpc) is 2.41. The summed E-state index contributed by atoms with van der Waals surface area (Å²) < 4.78 is 19.9. The van der Waals surface area contributed by atoms with E-state index >= 15 is 0 Å². The summed E-state index contributed by atoms with van der Waals surface area (Å²) >= 11 is 3.47. The van der Waals surface area contributed by atoms with E-state index in [9.17, 15) is 4.39 Å². The zero-order valence-electron chi connectivity index (χ0n) is 10.6. The number of halogens is 2. The molecule has 0 heterocycles. The first-order chi connectivity index (χ1) is 9.11. The lowest BCUT2D eigenvalue weighted by Gasteiger charge is -2.14. The van der Waals surface area contributed by atoms with Gasteiger partial charge in [0, 0.05) is 22.1 Å². The number of rotatable bonds is 4. The number of hydrogen-bond donors (Lipinski definition) is 1. The summed E-state index contributed by atoms with van der Waals surface area (Å²) in [5, 5.41) is 0. The molecule has 2 aromatic rings. The van der Waals surface area contributed by atoms with Crippen molar-refractivity contribution in [3.8, 4) is 5.75 Å². The van der Waals surface area contributed by atoms with E-state index in [1.54, 1.807) is 12.1 Å². The van der Waals surface area contributed by atoms with Gasteiger partial charge in [-0.3, -0.25) is 0 Å². The van der Waals surface area contributed by atoms with Crippen LogP contribution in [-0.2, 0) is 6.42 Å². The molecule has 0 saturated carbocycles. The number of hydrogen-bond acceptors (Lipinski definition) is 2. The summed E-state index contributed by atoms with van der Waals surface area (Å²) in [4.78, 5) is 0. The number of methoxy groups -OCH3 is 1. The SMILES string of the molecule is COc1ccc(C(N)Cc2ccccc2Br)c(F)c1. The molecule has 0 aromatic heterocycles. The minimum atomic E-state index is -0.385. The van der Waals surface area contributed by atoms with Crippen LogP contribution in [0.2, 0.25) is 0 Å². The maximum Gasteiger partial charge on any atom is 0.131 e. The third kappa shape index (κ3) is 3.33. The van der Waals surface area contributed by atoms with Gasteiger partial charge in [-0.2, -0.15) is 0 Å². The van der Waals surface area contributed by atoms with Crippen LogP contribution >= 0.6 is 15.9 Å². The van der Waals surface area contributed by atoms with Crippen molar-refractivity contribution >= 4 is 15.9 Å². The Hall–Kier alpha value is -1.39. The van der Waals surface area contributed by atoms with Gasteiger partial charge in [0.2, 0.25) is 0 Å². The summed E-state index contributed by atoms with van der Waals surface area (Å²) in [6.07, 6.45) is 0.574. The van der Waals surface area contributed by atoms with Crippen LogP contribution in [0.25, 0.3) is 0 Å². The van der Waals surface area contributed by atoms with E-state index in [0.717, 1.165) is 10.0 Å². The molecule has 2 N–H and O–H groups in total. The maximum absolute atomic E-state index is 13.9. The second-order valence-electron chi connectivity index (χ2n) is 4.29. The van der Waals surface area contributed by atoms with Crippen molar-refractivity contribution in [2.24, 2.45) is 5.73 Å². The van der Waals surface area contributed by atoms with Gasteiger partial charge in [0.05, 0.1) is 7.11 Å². The first kappa shape index (κ1) is 14.0. The molecular weight excluding hydrogens is 309 g/mol. The predicted octanol–water partition coefficient (Wildman–Crippen LogP) is 3.84. The standard InChI is InChI=1S/C15H15BrFNO/c1-19-11-6-7-12(14(17)9-11)15(18)8-10-4-2-3-5-13(10)16/h2-7,9,15H,8,18H2,1H3. The molecule has 0 bridgehead atoms. The number of ether oxygens (including phenoxy) is 1. The molecule has 0 aliphatic rings. The molecular formula is C15H15BrFNO. The van der Waals surface area contributed by atoms with Crippen LogP contribution in [0, 0.1) is 5.82 Å². The third-order valence-corrected chi connectivity index (χ3v) is 3.78. The smallest absolute Gasteiger partial charge is 0.131 e. The maximum atomic E-state index is 13.9. The second kappa shape index (κ2) is 6.17. The fourth-order valence-corrected chi connectivity index (χ4v) is 2.39. The summed E-state index contributed by atoms with van der Waals surface area (Å²) in [6.45, 7) is 0. The Kier molecular flexibility index (Phi) is 4.56. The van der Waals surface area contributed by atoms with E-state index in [0.29, 0.717) is 17.7 Å². The molecule has 2 aromatic carbocycles. The molecule has 0 amide bonds. The monoisotopic (exact) mass is 323 g/mol. The zero-order chi connectivity index (χ0) is 13.8. The Morgan fingerprint density at radius 1 is 1.26 bits per heavy atom. The zero-order valence-corrected chi connectivity index (χ0v) is 12.2. The first-order valence-electron chi connectivity index (χ1n) is 5.94. The minimum absolute atomic E-state index is 0.334. The molecule has 0 saturated heterocycles. The topological polar surface area (TPSA) is 35.2 Å². The predicted molar refractivity (Wildman–Crippen MR) is 77.7 cm³/mol. The number of nitrogens with two attached hydrogens (primary N) is 1. The summed E-state index contributed by atoms with van der Waals surface area (Å²) in [5.41, 5.74) is 7.64. The molecule has 1 atom stereocenters. The molecule has 19 heavy (non-hydrogen) atoms. The molecule has 0 aliphatic heterocycles. The van der Waals surface area contributed by atoms with Crippen molar-refractivity contribution in [3.63, 3.8) is 0 Å². The van der Waals surface area contributed by atoms with Crippen molar-refractivity contribution in [2.45, 2.75) is 12.5 Å². The normalized spacial score (nSPS) is 12.2. The van der Waals surface area contributed by atoms with Gasteiger partial charge in [-0.05, 0) is 24.1 Å². The third-order valence-electron chi connectivity index (χ3n) is 3.00. The second-order valence-corrected chi connectivity index (χ2v) is 5.14. The van der Waals surface area contributed by atoms with Crippen LogP contribution in [0.5, 0.6) is 5.75 Å². The summed E-state index contributed by atoms with van der Waals surface area (Å²) in [6, 6.07) is 12.2. The molecule has 2 nitrogen and oxygen atoms in total. The highest BCUT2D eigenvalue weighted by Gasteiger charge is 2.14. The number of benzene rings is 2. The van der Waals surface area contributed by atoms with Gasteiger partial charge >= 0.3 is 0 Å². The van der Waals surface area contributed by atoms with Crippen molar-refractivity contribution in [3.05, 3.63) is 63.9 Å². The molecule has 0 spiro atoms. The molecule has 0 fully saturated rings. The van der Waals surface area contributed by atoms with E-state index in [4.69, 9.17) is 10.5 Å². The molecule has 0 radical (unpaired) electrons. The highest BCUT2D eigenvalue weighted by molar-refractivity contribution is 9.10. The Morgan fingerprint density at radius 3 is 2.63 bits per heavy atom. The highest BCUT2D eigenvalue weighted by atomic mass is 79.9. The Balaban J connectivity index is 2.21. The lowest BCUT2D eigenvalue weighted by Crippen LogP contribution is -2.15. The van der Waals surface area contributed by atoms with Gasteiger partial charge in [-0.15, -0.1) is 0 Å². The lowest BCUT2D eigenvalue weighted by atomic mass is 9.99. The van der Waals surface area contributed by atoms with Crippen LogP contribution in [-0.4, -0.2) is 7.11 Å². The van der Waals surface area contributed by atoms with Crippen molar-refractivity contribution < 1.29 is 9.13 Å². The van der Waals surface area contributed by atoms with Gasteiger partial charge in [0.15, 0.2) is 0 Å². The van der Waals surface area contributed by atoms with Gasteiger partial charge in [0.25, 0.3) is 0 Å². The van der Waals surface area contributed by atoms with Crippen LogP contribution in [0.3, 0.4) is 0 Å². The lowest BCUT2D eigenvalue weighted by molar-refractivity contribution is 0.410. The van der Waals surface area contributed by atoms with Crippen molar-refractivity contribution in [1.82, 2.24) is 0 Å². The van der Waals surface area contributed by atoms with Crippen LogP contribution in [0.15, 0.2) is 46.9 Å². The summed E-state index contributed by atoms with van der Waals surface area (Å²) in [7, 11) is 1.51. The van der Waals surface area contributed by atoms with Crippen LogP contribution < -0.4 is 10.5 Å². The van der Waals surface area contributed by atoms with E-state index in [-0.39, 0.29) is 11.9 Å². The molecule has 1 unspecified atom stereocenters.